The molecule has 0 saturated heterocycles. The summed E-state index contributed by atoms with van der Waals surface area (Å²) in [5.74, 6) is 0.808. The third-order valence-corrected chi connectivity index (χ3v) is 3.37. The summed E-state index contributed by atoms with van der Waals surface area (Å²) in [6.45, 7) is 6.11. The van der Waals surface area contributed by atoms with Crippen LogP contribution in [-0.4, -0.2) is 26.7 Å². The Labute approximate surface area is 125 Å². The van der Waals surface area contributed by atoms with E-state index in [1.54, 1.807) is 6.92 Å². The quantitative estimate of drug-likeness (QED) is 0.858. The van der Waals surface area contributed by atoms with Gasteiger partial charge in [-0.1, -0.05) is 19.1 Å². The predicted molar refractivity (Wildman–Crippen MR) is 82.9 cm³/mol. The second-order valence-electron chi connectivity index (χ2n) is 5.46. The molecule has 2 aromatic rings. The summed E-state index contributed by atoms with van der Waals surface area (Å²) >= 11 is 0. The van der Waals surface area contributed by atoms with E-state index in [0.29, 0.717) is 13.0 Å². The highest BCUT2D eigenvalue weighted by atomic mass is 16.3. The maximum Gasteiger partial charge on any atom is 0.220 e. The maximum atomic E-state index is 11.8. The van der Waals surface area contributed by atoms with Crippen LogP contribution in [0.15, 0.2) is 24.3 Å². The number of rotatable bonds is 6. The fourth-order valence-electron chi connectivity index (χ4n) is 2.49. The second kappa shape index (κ2) is 6.72. The lowest BCUT2D eigenvalue weighted by Gasteiger charge is -2.17. The van der Waals surface area contributed by atoms with E-state index in [0.717, 1.165) is 23.3 Å². The highest BCUT2D eigenvalue weighted by molar-refractivity contribution is 5.78. The first-order valence-corrected chi connectivity index (χ1v) is 7.45. The molecule has 0 fully saturated rings. The summed E-state index contributed by atoms with van der Waals surface area (Å²) in [5.41, 5.74) is 1.86. The first kappa shape index (κ1) is 15.5. The predicted octanol–water partition coefficient (Wildman–Crippen LogP) is 2.39. The molecule has 21 heavy (non-hydrogen) atoms. The molecule has 1 aromatic carbocycles. The Hall–Kier alpha value is -1.88. The average Bonchev–Trinajstić information content (AvgIpc) is 2.77. The minimum absolute atomic E-state index is 0.0284. The van der Waals surface area contributed by atoms with Crippen LogP contribution in [0.4, 0.5) is 0 Å². The molecular weight excluding hydrogens is 266 g/mol. The summed E-state index contributed by atoms with van der Waals surface area (Å²) in [4.78, 5) is 16.4. The molecule has 1 aromatic heterocycles. The zero-order chi connectivity index (χ0) is 15.4. The number of aliphatic hydroxyl groups is 1. The van der Waals surface area contributed by atoms with Crippen LogP contribution in [0.2, 0.25) is 0 Å². The minimum Gasteiger partial charge on any atom is -0.392 e. The van der Waals surface area contributed by atoms with Crippen molar-refractivity contribution in [1.82, 2.24) is 14.9 Å². The maximum absolute atomic E-state index is 11.8. The lowest BCUT2D eigenvalue weighted by Crippen LogP contribution is -2.29. The van der Waals surface area contributed by atoms with Gasteiger partial charge in [0.15, 0.2) is 0 Å². The fraction of sp³-hybridized carbons (Fsp3) is 0.500. The van der Waals surface area contributed by atoms with Crippen molar-refractivity contribution in [3.05, 3.63) is 30.1 Å². The fourth-order valence-corrected chi connectivity index (χ4v) is 2.49. The zero-order valence-corrected chi connectivity index (χ0v) is 12.8. The van der Waals surface area contributed by atoms with Gasteiger partial charge in [0.05, 0.1) is 29.7 Å². The molecule has 5 heteroatoms. The number of amides is 1. The number of carbonyl (C=O) groups excluding carboxylic acids is 1. The number of carbonyl (C=O) groups is 1. The van der Waals surface area contributed by atoms with Gasteiger partial charge >= 0.3 is 0 Å². The molecule has 114 valence electrons. The summed E-state index contributed by atoms with van der Waals surface area (Å²) < 4.78 is 1.98. The number of aromatic nitrogens is 2. The monoisotopic (exact) mass is 289 g/mol. The van der Waals surface area contributed by atoms with Crippen LogP contribution in [0.5, 0.6) is 0 Å². The van der Waals surface area contributed by atoms with Crippen molar-refractivity contribution < 1.29 is 9.90 Å². The van der Waals surface area contributed by atoms with Gasteiger partial charge in [-0.25, -0.2) is 4.98 Å². The highest BCUT2D eigenvalue weighted by Gasteiger charge is 2.18. The van der Waals surface area contributed by atoms with Crippen LogP contribution < -0.4 is 5.32 Å². The number of nitrogens with one attached hydrogen (secondary N) is 1. The molecule has 2 rings (SSSR count). The number of aliphatic hydroxyl groups excluding tert-OH is 1. The van der Waals surface area contributed by atoms with E-state index < -0.39 is 6.10 Å². The van der Waals surface area contributed by atoms with E-state index in [1.165, 1.54) is 0 Å². The molecule has 0 aliphatic rings. The molecule has 0 spiro atoms. The summed E-state index contributed by atoms with van der Waals surface area (Å²) in [5, 5.41) is 12.7. The first-order chi connectivity index (χ1) is 10.0. The van der Waals surface area contributed by atoms with Crippen LogP contribution in [0, 0.1) is 0 Å². The van der Waals surface area contributed by atoms with Crippen molar-refractivity contribution in [2.24, 2.45) is 0 Å². The smallest absolute Gasteiger partial charge is 0.220 e. The van der Waals surface area contributed by atoms with Crippen molar-refractivity contribution in [2.45, 2.75) is 52.3 Å². The van der Waals surface area contributed by atoms with Gasteiger partial charge in [-0.3, -0.25) is 4.79 Å². The Morgan fingerprint density at radius 1 is 1.38 bits per heavy atom. The normalized spacial score (nSPS) is 14.1. The molecule has 1 amide bonds. The number of fused-ring (bicyclic) bond motifs is 1. The van der Waals surface area contributed by atoms with Crippen molar-refractivity contribution >= 4 is 16.9 Å². The molecule has 0 radical (unpaired) electrons. The number of hydrogen-bond acceptors (Lipinski definition) is 3. The van der Waals surface area contributed by atoms with E-state index in [4.69, 9.17) is 0 Å². The first-order valence-electron chi connectivity index (χ1n) is 7.45. The van der Waals surface area contributed by atoms with E-state index in [1.807, 2.05) is 42.7 Å². The third-order valence-electron chi connectivity index (χ3n) is 3.37. The molecule has 0 aliphatic heterocycles. The Morgan fingerprint density at radius 3 is 2.76 bits per heavy atom. The topological polar surface area (TPSA) is 67.2 Å². The van der Waals surface area contributed by atoms with Gasteiger partial charge in [-0.2, -0.15) is 0 Å². The summed E-state index contributed by atoms with van der Waals surface area (Å²) in [7, 11) is 0. The second-order valence-corrected chi connectivity index (χ2v) is 5.46. The van der Waals surface area contributed by atoms with Crippen molar-refractivity contribution in [3.63, 3.8) is 0 Å². The molecule has 2 atom stereocenters. The van der Waals surface area contributed by atoms with Gasteiger partial charge in [0.25, 0.3) is 0 Å². The van der Waals surface area contributed by atoms with Crippen molar-refractivity contribution in [2.75, 3.05) is 0 Å². The van der Waals surface area contributed by atoms with Gasteiger partial charge in [0.1, 0.15) is 5.82 Å². The zero-order valence-electron chi connectivity index (χ0n) is 12.8. The molecule has 0 aliphatic carbocycles. The number of benzene rings is 1. The van der Waals surface area contributed by atoms with Gasteiger partial charge < -0.3 is 15.0 Å². The van der Waals surface area contributed by atoms with Gasteiger partial charge in [-0.15, -0.1) is 0 Å². The largest absolute Gasteiger partial charge is 0.392 e. The number of nitrogens with zero attached hydrogens (tertiary/aromatic N) is 2. The van der Waals surface area contributed by atoms with Gasteiger partial charge in [-0.05, 0) is 32.4 Å². The van der Waals surface area contributed by atoms with E-state index in [2.05, 4.69) is 10.3 Å². The van der Waals surface area contributed by atoms with Crippen LogP contribution in [-0.2, 0) is 11.3 Å². The number of hydrogen-bond donors (Lipinski definition) is 2. The molecule has 5 nitrogen and oxygen atoms in total. The van der Waals surface area contributed by atoms with Gasteiger partial charge in [0, 0.05) is 6.42 Å². The SMILES string of the molecule is CCCC(=O)N[C@H](C)c1nc2ccccc2n1C[C@H](C)O. The summed E-state index contributed by atoms with van der Waals surface area (Å²) in [6.07, 6.45) is 0.865. The summed E-state index contributed by atoms with van der Waals surface area (Å²) in [6, 6.07) is 7.63. The number of imidazole rings is 1. The Balaban J connectivity index is 2.35. The van der Waals surface area contributed by atoms with Gasteiger partial charge in [0.2, 0.25) is 5.91 Å². The lowest BCUT2D eigenvalue weighted by molar-refractivity contribution is -0.121. The molecule has 0 saturated carbocycles. The number of para-hydroxylation sites is 2. The molecule has 1 heterocycles. The third kappa shape index (κ3) is 3.61. The highest BCUT2D eigenvalue weighted by Crippen LogP contribution is 2.21. The lowest BCUT2D eigenvalue weighted by atomic mass is 10.2. The molecule has 0 unspecified atom stereocenters. The van der Waals surface area contributed by atoms with Crippen LogP contribution in [0.3, 0.4) is 0 Å². The van der Waals surface area contributed by atoms with Crippen LogP contribution >= 0.6 is 0 Å². The Kier molecular flexibility index (Phi) is 4.96. The minimum atomic E-state index is -0.472. The molecule has 0 bridgehead atoms. The van der Waals surface area contributed by atoms with E-state index in [9.17, 15) is 9.90 Å². The average molecular weight is 289 g/mol. The Morgan fingerprint density at radius 2 is 2.10 bits per heavy atom. The van der Waals surface area contributed by atoms with E-state index in [-0.39, 0.29) is 11.9 Å². The van der Waals surface area contributed by atoms with Crippen LogP contribution in [0.1, 0.15) is 45.5 Å². The molecular formula is C16H23N3O2. The standard InChI is InChI=1S/C16H23N3O2/c1-4-7-15(21)17-12(3)16-18-13-8-5-6-9-14(13)19(16)10-11(2)20/h5-6,8-9,11-12,20H,4,7,10H2,1-3H3,(H,17,21)/t11-,12+/m0/s1. The van der Waals surface area contributed by atoms with Crippen LogP contribution in [0.25, 0.3) is 11.0 Å². The van der Waals surface area contributed by atoms with Crippen molar-refractivity contribution in [3.8, 4) is 0 Å². The van der Waals surface area contributed by atoms with E-state index >= 15 is 0 Å². The Bertz CT molecular complexity index is 619. The molecule has 2 N–H and O–H groups in total. The van der Waals surface area contributed by atoms with Crippen molar-refractivity contribution in [1.29, 1.82) is 0 Å².